The van der Waals surface area contributed by atoms with Gasteiger partial charge in [-0.15, -0.1) is 0 Å². The Kier molecular flexibility index (Phi) is 6.60. The number of anilines is 2. The predicted octanol–water partition coefficient (Wildman–Crippen LogP) is -0.261. The van der Waals surface area contributed by atoms with Crippen molar-refractivity contribution in [1.82, 2.24) is 15.0 Å². The Hall–Kier alpha value is -2.16. The van der Waals surface area contributed by atoms with Crippen molar-refractivity contribution < 1.29 is 14.6 Å². The van der Waals surface area contributed by atoms with Crippen LogP contribution in [0.2, 0.25) is 0 Å². The van der Waals surface area contributed by atoms with Crippen LogP contribution in [0, 0.1) is 0 Å². The molecule has 118 valence electrons. The summed E-state index contributed by atoms with van der Waals surface area (Å²) < 4.78 is 5.43. The fourth-order valence-corrected chi connectivity index (χ4v) is 1.30. The van der Waals surface area contributed by atoms with Gasteiger partial charge in [0.05, 0.1) is 12.6 Å². The van der Waals surface area contributed by atoms with Gasteiger partial charge in [0.2, 0.25) is 17.8 Å². The Morgan fingerprint density at radius 3 is 2.43 bits per heavy atom. The van der Waals surface area contributed by atoms with Gasteiger partial charge in [0.25, 0.3) is 0 Å². The van der Waals surface area contributed by atoms with Gasteiger partial charge < -0.3 is 26.2 Å². The number of carbonyl (C=O) groups is 1. The number of nitrogens with one attached hydrogen (secondary N) is 2. The van der Waals surface area contributed by atoms with Crippen LogP contribution in [0.4, 0.5) is 11.9 Å². The van der Waals surface area contributed by atoms with Crippen molar-refractivity contribution in [1.29, 1.82) is 0 Å². The molecule has 1 atom stereocenters. The Balaban J connectivity index is 2.82. The van der Waals surface area contributed by atoms with E-state index in [-0.39, 0.29) is 24.6 Å². The van der Waals surface area contributed by atoms with Gasteiger partial charge in [-0.05, 0) is 20.3 Å². The van der Waals surface area contributed by atoms with E-state index in [1.165, 1.54) is 0 Å². The van der Waals surface area contributed by atoms with Crippen molar-refractivity contribution in [3.8, 4) is 6.01 Å². The number of nitrogens with two attached hydrogens (primary N) is 1. The molecule has 21 heavy (non-hydrogen) atoms. The van der Waals surface area contributed by atoms with Gasteiger partial charge in [0.1, 0.15) is 6.10 Å². The molecule has 5 N–H and O–H groups in total. The van der Waals surface area contributed by atoms with Crippen molar-refractivity contribution >= 4 is 17.8 Å². The van der Waals surface area contributed by atoms with E-state index in [1.54, 1.807) is 0 Å². The molecule has 0 aromatic carbocycles. The van der Waals surface area contributed by atoms with Crippen molar-refractivity contribution in [3.05, 3.63) is 0 Å². The summed E-state index contributed by atoms with van der Waals surface area (Å²) >= 11 is 0. The number of aromatic nitrogens is 3. The highest BCUT2D eigenvalue weighted by Gasteiger charge is 2.13. The Morgan fingerprint density at radius 1 is 1.29 bits per heavy atom. The monoisotopic (exact) mass is 298 g/mol. The maximum absolute atomic E-state index is 10.8. The molecule has 1 rings (SSSR count). The summed E-state index contributed by atoms with van der Waals surface area (Å²) in [6.45, 7) is 6.34. The van der Waals surface area contributed by atoms with E-state index in [9.17, 15) is 9.90 Å². The molecule has 9 nitrogen and oxygen atoms in total. The molecule has 1 unspecified atom stereocenters. The minimum absolute atomic E-state index is 0.0875. The van der Waals surface area contributed by atoms with Crippen LogP contribution in [0.3, 0.4) is 0 Å². The quantitative estimate of drug-likeness (QED) is 0.489. The summed E-state index contributed by atoms with van der Waals surface area (Å²) in [7, 11) is 0. The van der Waals surface area contributed by atoms with Gasteiger partial charge in [0.15, 0.2) is 0 Å². The lowest BCUT2D eigenvalue weighted by molar-refractivity contribution is -0.125. The fraction of sp³-hybridized carbons (Fsp3) is 0.667. The Labute approximate surface area is 123 Å². The summed E-state index contributed by atoms with van der Waals surface area (Å²) in [4.78, 5) is 23.1. The lowest BCUT2D eigenvalue weighted by Gasteiger charge is -2.13. The largest absolute Gasteiger partial charge is 0.461 e. The zero-order valence-corrected chi connectivity index (χ0v) is 12.5. The van der Waals surface area contributed by atoms with E-state index in [0.717, 1.165) is 6.42 Å². The van der Waals surface area contributed by atoms with Crippen LogP contribution in [0.5, 0.6) is 6.01 Å². The maximum atomic E-state index is 10.8. The maximum Gasteiger partial charge on any atom is 0.323 e. The number of hydrogen-bond acceptors (Lipinski definition) is 8. The number of hydrogen-bond donors (Lipinski definition) is 4. The highest BCUT2D eigenvalue weighted by atomic mass is 16.5. The van der Waals surface area contributed by atoms with Crippen LogP contribution in [0.25, 0.3) is 0 Å². The van der Waals surface area contributed by atoms with E-state index in [0.29, 0.717) is 12.5 Å². The minimum atomic E-state index is -1.32. The number of aliphatic hydroxyl groups excluding tert-OH is 1. The molecule has 0 aliphatic rings. The molecule has 0 fully saturated rings. The average molecular weight is 298 g/mol. The Morgan fingerprint density at radius 2 is 1.90 bits per heavy atom. The number of primary amides is 1. The molecular weight excluding hydrogens is 276 g/mol. The van der Waals surface area contributed by atoms with Gasteiger partial charge in [-0.1, -0.05) is 6.92 Å². The first-order chi connectivity index (χ1) is 9.92. The average Bonchev–Trinajstić information content (AvgIpc) is 2.41. The molecule has 0 bridgehead atoms. The molecule has 0 saturated carbocycles. The van der Waals surface area contributed by atoms with Gasteiger partial charge in [0, 0.05) is 6.54 Å². The predicted molar refractivity (Wildman–Crippen MR) is 78.1 cm³/mol. The lowest BCUT2D eigenvalue weighted by Crippen LogP contribution is -2.34. The molecule has 1 aromatic rings. The second-order valence-corrected chi connectivity index (χ2v) is 4.66. The van der Waals surface area contributed by atoms with E-state index >= 15 is 0 Å². The van der Waals surface area contributed by atoms with E-state index in [1.807, 2.05) is 20.8 Å². The Bertz CT molecular complexity index is 468. The minimum Gasteiger partial charge on any atom is -0.461 e. The molecule has 0 aliphatic carbocycles. The highest BCUT2D eigenvalue weighted by molar-refractivity contribution is 5.79. The standard InChI is InChI=1S/C12H22N6O3/c1-4-5-14-10-16-11(15-6-8(19)9(13)20)18-12(17-10)21-7(2)3/h7-8,19H,4-6H2,1-3H3,(H2,13,20)(H2,14,15,16,17,18). The van der Waals surface area contributed by atoms with E-state index < -0.39 is 12.0 Å². The van der Waals surface area contributed by atoms with E-state index in [4.69, 9.17) is 10.5 Å². The van der Waals surface area contributed by atoms with Gasteiger partial charge in [-0.2, -0.15) is 15.0 Å². The van der Waals surface area contributed by atoms with Crippen LogP contribution in [-0.4, -0.2) is 51.3 Å². The third kappa shape index (κ3) is 6.21. The van der Waals surface area contributed by atoms with Crippen LogP contribution in [0.1, 0.15) is 27.2 Å². The van der Waals surface area contributed by atoms with Crippen LogP contribution >= 0.6 is 0 Å². The summed E-state index contributed by atoms with van der Waals surface area (Å²) in [5, 5.41) is 15.1. The zero-order chi connectivity index (χ0) is 15.8. The van der Waals surface area contributed by atoms with Gasteiger partial charge in [-0.3, -0.25) is 4.79 Å². The smallest absolute Gasteiger partial charge is 0.323 e. The van der Waals surface area contributed by atoms with Crippen molar-refractivity contribution in [2.75, 3.05) is 23.7 Å². The zero-order valence-electron chi connectivity index (χ0n) is 12.5. The topological polar surface area (TPSA) is 135 Å². The fourth-order valence-electron chi connectivity index (χ4n) is 1.30. The number of nitrogens with zero attached hydrogens (tertiary/aromatic N) is 3. The molecule has 1 aromatic heterocycles. The molecule has 0 saturated heterocycles. The lowest BCUT2D eigenvalue weighted by atomic mass is 10.3. The molecule has 9 heteroatoms. The van der Waals surface area contributed by atoms with Gasteiger partial charge in [-0.25, -0.2) is 0 Å². The molecular formula is C12H22N6O3. The SMILES string of the molecule is CCCNc1nc(NCC(O)C(N)=O)nc(OC(C)C)n1. The van der Waals surface area contributed by atoms with Gasteiger partial charge >= 0.3 is 6.01 Å². The molecule has 1 amide bonds. The summed E-state index contributed by atoms with van der Waals surface area (Å²) in [6, 6.07) is 0.162. The third-order valence-corrected chi connectivity index (χ3v) is 2.27. The second kappa shape index (κ2) is 8.20. The van der Waals surface area contributed by atoms with Crippen LogP contribution < -0.4 is 21.1 Å². The number of amides is 1. The van der Waals surface area contributed by atoms with Crippen LogP contribution in [-0.2, 0) is 4.79 Å². The van der Waals surface area contributed by atoms with Crippen LogP contribution in [0.15, 0.2) is 0 Å². The summed E-state index contributed by atoms with van der Waals surface area (Å²) in [6.07, 6.45) is -0.492. The molecule has 0 spiro atoms. The van der Waals surface area contributed by atoms with E-state index in [2.05, 4.69) is 25.6 Å². The van der Waals surface area contributed by atoms with Crippen molar-refractivity contribution in [2.45, 2.75) is 39.4 Å². The molecule has 1 heterocycles. The number of carbonyl (C=O) groups excluding carboxylic acids is 1. The molecule has 0 aliphatic heterocycles. The first-order valence-corrected chi connectivity index (χ1v) is 6.80. The number of aliphatic hydroxyl groups is 1. The summed E-state index contributed by atoms with van der Waals surface area (Å²) in [5.74, 6) is -0.266. The van der Waals surface area contributed by atoms with Crippen molar-refractivity contribution in [2.24, 2.45) is 5.73 Å². The second-order valence-electron chi connectivity index (χ2n) is 4.66. The first-order valence-electron chi connectivity index (χ1n) is 6.80. The number of rotatable bonds is 9. The number of ether oxygens (including phenoxy) is 1. The first kappa shape index (κ1) is 16.9. The highest BCUT2D eigenvalue weighted by Crippen LogP contribution is 2.12. The normalized spacial score (nSPS) is 12.0. The molecule has 0 radical (unpaired) electrons. The van der Waals surface area contributed by atoms with Crippen molar-refractivity contribution in [3.63, 3.8) is 0 Å². The summed E-state index contributed by atoms with van der Waals surface area (Å²) in [5.41, 5.74) is 4.97. The third-order valence-electron chi connectivity index (χ3n) is 2.27.